The van der Waals surface area contributed by atoms with Crippen molar-refractivity contribution in [1.82, 2.24) is 9.55 Å². The van der Waals surface area contributed by atoms with Crippen molar-refractivity contribution in [3.63, 3.8) is 0 Å². The highest BCUT2D eigenvalue weighted by Gasteiger charge is 2.37. The molecule has 158 valence electrons. The van der Waals surface area contributed by atoms with Gasteiger partial charge in [-0.15, -0.1) is 0 Å². The third-order valence-electron chi connectivity index (χ3n) is 3.85. The molecule has 0 fully saturated rings. The molecule has 0 saturated carbocycles. The molecule has 0 aromatic carbocycles. The number of esters is 3. The lowest BCUT2D eigenvalue weighted by Crippen LogP contribution is -2.43. The van der Waals surface area contributed by atoms with Crippen molar-refractivity contribution < 1.29 is 38.1 Å². The summed E-state index contributed by atoms with van der Waals surface area (Å²) in [5, 5.41) is 0. The number of hydrogen-bond donors (Lipinski definition) is 0. The molecule has 0 saturated heterocycles. The van der Waals surface area contributed by atoms with Gasteiger partial charge < -0.3 is 23.5 Å². The van der Waals surface area contributed by atoms with Crippen molar-refractivity contribution in [2.24, 2.45) is 5.41 Å². The van der Waals surface area contributed by atoms with Crippen LogP contribution in [0.1, 0.15) is 12.2 Å². The summed E-state index contributed by atoms with van der Waals surface area (Å²) < 4.78 is 21.9. The molecule has 0 atom stereocenters. The molecule has 29 heavy (non-hydrogen) atoms. The van der Waals surface area contributed by atoms with Crippen molar-refractivity contribution in [2.45, 2.75) is 19.9 Å². The second-order valence-corrected chi connectivity index (χ2v) is 6.11. The van der Waals surface area contributed by atoms with E-state index in [1.807, 2.05) is 0 Å². The van der Waals surface area contributed by atoms with Crippen LogP contribution in [0.4, 0.5) is 0 Å². The van der Waals surface area contributed by atoms with Gasteiger partial charge in [0.2, 0.25) is 0 Å². The molecular weight excluding hydrogens is 384 g/mol. The van der Waals surface area contributed by atoms with Crippen LogP contribution >= 0.6 is 0 Å². The minimum Gasteiger partial charge on any atom is -0.467 e. The van der Waals surface area contributed by atoms with E-state index in [4.69, 9.17) is 18.9 Å². The normalized spacial score (nSPS) is 10.5. The van der Waals surface area contributed by atoms with Crippen LogP contribution in [-0.2, 0) is 44.7 Å². The van der Waals surface area contributed by atoms with E-state index in [1.165, 1.54) is 0 Å². The fourth-order valence-electron chi connectivity index (χ4n) is 2.18. The van der Waals surface area contributed by atoms with Gasteiger partial charge in [-0.2, -0.15) is 0 Å². The summed E-state index contributed by atoms with van der Waals surface area (Å²) in [6, 6.07) is 0. The number of rotatable bonds is 14. The summed E-state index contributed by atoms with van der Waals surface area (Å²) in [5.74, 6) is -1.27. The van der Waals surface area contributed by atoms with Crippen molar-refractivity contribution >= 4 is 24.4 Å². The summed E-state index contributed by atoms with van der Waals surface area (Å²) in [7, 11) is 0. The fourth-order valence-corrected chi connectivity index (χ4v) is 2.18. The highest BCUT2D eigenvalue weighted by molar-refractivity contribution is 5.81. The van der Waals surface area contributed by atoms with Gasteiger partial charge in [0.1, 0.15) is 37.7 Å². The van der Waals surface area contributed by atoms with Gasteiger partial charge in [-0.25, -0.2) is 14.6 Å². The molecule has 0 amide bonds. The van der Waals surface area contributed by atoms with Gasteiger partial charge in [0, 0.05) is 31.1 Å². The maximum atomic E-state index is 12.1. The lowest BCUT2D eigenvalue weighted by atomic mass is 9.92. The molecule has 0 N–H and O–H groups in total. The molecule has 1 aromatic heterocycles. The number of aromatic nitrogens is 2. The Morgan fingerprint density at radius 2 is 1.66 bits per heavy atom. The van der Waals surface area contributed by atoms with Gasteiger partial charge in [0.15, 0.2) is 0 Å². The molecule has 1 heterocycles. The molecule has 10 heteroatoms. The van der Waals surface area contributed by atoms with Gasteiger partial charge in [0.05, 0.1) is 6.42 Å². The smallest absolute Gasteiger partial charge is 0.330 e. The van der Waals surface area contributed by atoms with Crippen molar-refractivity contribution in [1.29, 1.82) is 0 Å². The molecule has 0 bridgehead atoms. The Labute approximate surface area is 168 Å². The molecule has 0 aliphatic rings. The summed E-state index contributed by atoms with van der Waals surface area (Å²) >= 11 is 0. The molecule has 0 unspecified atom stereocenters. The van der Waals surface area contributed by atoms with E-state index in [-0.39, 0.29) is 39.3 Å². The number of nitrogens with zero attached hydrogens (tertiary/aromatic N) is 2. The predicted octanol–water partition coefficient (Wildman–Crippen LogP) is 0.743. The van der Waals surface area contributed by atoms with E-state index in [0.717, 1.165) is 18.0 Å². The zero-order valence-corrected chi connectivity index (χ0v) is 16.2. The monoisotopic (exact) mass is 408 g/mol. The minimum absolute atomic E-state index is 0.0563. The van der Waals surface area contributed by atoms with Crippen LogP contribution in [0.5, 0.6) is 0 Å². The van der Waals surface area contributed by atoms with Gasteiger partial charge in [0.25, 0.3) is 6.47 Å². The Morgan fingerprint density at radius 1 is 1.07 bits per heavy atom. The van der Waals surface area contributed by atoms with Crippen LogP contribution in [0.25, 0.3) is 0 Å². The highest BCUT2D eigenvalue weighted by Crippen LogP contribution is 2.21. The Hall–Kier alpha value is -3.43. The molecule has 0 radical (unpaired) electrons. The Kier molecular flexibility index (Phi) is 9.86. The average Bonchev–Trinajstić information content (AvgIpc) is 3.15. The van der Waals surface area contributed by atoms with Crippen LogP contribution in [-0.4, -0.2) is 60.4 Å². The first-order chi connectivity index (χ1) is 13.9. The van der Waals surface area contributed by atoms with E-state index in [2.05, 4.69) is 18.1 Å². The van der Waals surface area contributed by atoms with Crippen LogP contribution in [0.15, 0.2) is 37.7 Å². The maximum Gasteiger partial charge on any atom is 0.330 e. The first-order valence-corrected chi connectivity index (χ1v) is 8.63. The van der Waals surface area contributed by atoms with E-state index in [0.29, 0.717) is 6.54 Å². The topological polar surface area (TPSA) is 123 Å². The molecule has 0 aliphatic carbocycles. The summed E-state index contributed by atoms with van der Waals surface area (Å²) in [4.78, 5) is 49.7. The van der Waals surface area contributed by atoms with Gasteiger partial charge in [-0.1, -0.05) is 13.2 Å². The largest absolute Gasteiger partial charge is 0.467 e. The molecule has 1 rings (SSSR count). The lowest BCUT2D eigenvalue weighted by Gasteiger charge is -2.30. The van der Waals surface area contributed by atoms with Crippen LogP contribution in [0.2, 0.25) is 0 Å². The second-order valence-electron chi connectivity index (χ2n) is 6.11. The summed E-state index contributed by atoms with van der Waals surface area (Å²) in [6.07, 6.45) is 5.29. The highest BCUT2D eigenvalue weighted by atomic mass is 16.6. The van der Waals surface area contributed by atoms with Crippen LogP contribution < -0.4 is 0 Å². The third-order valence-corrected chi connectivity index (χ3v) is 3.85. The predicted molar refractivity (Wildman–Crippen MR) is 99.3 cm³/mol. The summed E-state index contributed by atoms with van der Waals surface area (Å²) in [6.45, 7) is 7.59. The lowest BCUT2D eigenvalue weighted by molar-refractivity contribution is -0.164. The number of hydrogen-bond acceptors (Lipinski definition) is 9. The van der Waals surface area contributed by atoms with E-state index in [9.17, 15) is 19.2 Å². The fraction of sp³-hybridized carbons (Fsp3) is 0.421. The minimum atomic E-state index is -1.29. The average molecular weight is 408 g/mol. The van der Waals surface area contributed by atoms with E-state index >= 15 is 0 Å². The van der Waals surface area contributed by atoms with Crippen LogP contribution in [0, 0.1) is 12.3 Å². The quantitative estimate of drug-likeness (QED) is 0.190. The molecule has 0 spiro atoms. The van der Waals surface area contributed by atoms with Crippen molar-refractivity contribution in [3.8, 4) is 0 Å². The molecular formula is C19H24N2O8. The number of carbonyl (C=O) groups excluding carboxylic acids is 4. The summed E-state index contributed by atoms with van der Waals surface area (Å²) in [5.41, 5.74) is -1.29. The first-order valence-electron chi connectivity index (χ1n) is 8.63. The van der Waals surface area contributed by atoms with Gasteiger partial charge >= 0.3 is 17.9 Å². The third kappa shape index (κ3) is 8.41. The Bertz CT molecular complexity index is 716. The number of imidazole rings is 1. The molecule has 1 aromatic rings. The second kappa shape index (κ2) is 12.1. The molecule has 0 aliphatic heterocycles. The van der Waals surface area contributed by atoms with Crippen molar-refractivity contribution in [2.75, 3.05) is 26.4 Å². The first kappa shape index (κ1) is 23.6. The maximum absolute atomic E-state index is 12.1. The van der Waals surface area contributed by atoms with E-state index < -0.39 is 23.3 Å². The van der Waals surface area contributed by atoms with Crippen LogP contribution in [0.3, 0.4) is 0 Å². The van der Waals surface area contributed by atoms with Gasteiger partial charge in [-0.3, -0.25) is 9.59 Å². The number of aryl methyl sites for hydroxylation is 2. The van der Waals surface area contributed by atoms with Crippen molar-refractivity contribution in [3.05, 3.63) is 43.5 Å². The number of ether oxygens (including phenoxy) is 4. The zero-order chi connectivity index (χ0) is 21.7. The van der Waals surface area contributed by atoms with E-state index in [1.54, 1.807) is 23.9 Å². The standard InChI is InChI=1S/C19H24N2O8/c1-4-16(23)27-11-19(10-26-14-22,12-28-17(24)5-2)13-29-18(25)6-8-21-9-7-20-15(21)3/h4-5,7,9,14H,1-2,6,8,10-13H2,3H3. The van der Waals surface area contributed by atoms with Gasteiger partial charge in [-0.05, 0) is 6.92 Å². The number of carbonyl (C=O) groups is 4. The zero-order valence-electron chi connectivity index (χ0n) is 16.2. The SMILES string of the molecule is C=CC(=O)OCC(COC=O)(COC(=O)C=C)COC(=O)CCn1ccnc1C. The molecule has 10 nitrogen and oxygen atoms in total. The Balaban J connectivity index is 2.79. The Morgan fingerprint density at radius 3 is 2.14 bits per heavy atom.